The van der Waals surface area contributed by atoms with Crippen LogP contribution in [0.5, 0.6) is 5.75 Å². The van der Waals surface area contributed by atoms with E-state index >= 15 is 0 Å². The molecular weight excluding hydrogens is 312 g/mol. The molecule has 6 nitrogen and oxygen atoms in total. The summed E-state index contributed by atoms with van der Waals surface area (Å²) >= 11 is 1.46. The smallest absolute Gasteiger partial charge is 0.323 e. The van der Waals surface area contributed by atoms with Crippen molar-refractivity contribution in [2.75, 3.05) is 39.6 Å². The topological polar surface area (TPSA) is 57.7 Å². The van der Waals surface area contributed by atoms with E-state index in [9.17, 15) is 4.79 Å². The maximum Gasteiger partial charge on any atom is 0.323 e. The molecule has 1 saturated heterocycles. The van der Waals surface area contributed by atoms with E-state index in [1.165, 1.54) is 11.3 Å². The summed E-state index contributed by atoms with van der Waals surface area (Å²) in [5, 5.41) is 3.54. The Morgan fingerprint density at radius 3 is 2.87 bits per heavy atom. The average Bonchev–Trinajstić information content (AvgIpc) is 2.95. The van der Waals surface area contributed by atoms with Crippen molar-refractivity contribution in [1.29, 1.82) is 0 Å². The Bertz CT molecular complexity index is 694. The van der Waals surface area contributed by atoms with Crippen LogP contribution in [0.3, 0.4) is 0 Å². The number of ether oxygens (including phenoxy) is 1. The molecule has 3 rings (SSSR count). The van der Waals surface area contributed by atoms with E-state index in [1.54, 1.807) is 12.0 Å². The minimum atomic E-state index is -0.0921. The second-order valence-electron chi connectivity index (χ2n) is 5.93. The molecule has 1 aliphatic heterocycles. The van der Waals surface area contributed by atoms with Crippen LogP contribution in [-0.2, 0) is 0 Å². The van der Waals surface area contributed by atoms with Crippen LogP contribution in [0.25, 0.3) is 10.2 Å². The SMILES string of the molecule is COc1ccc2nc(NC(=O)N(C)C3CCN(C)CC3)sc2c1. The van der Waals surface area contributed by atoms with Crippen molar-refractivity contribution in [2.24, 2.45) is 0 Å². The van der Waals surface area contributed by atoms with Crippen molar-refractivity contribution in [1.82, 2.24) is 14.8 Å². The van der Waals surface area contributed by atoms with Gasteiger partial charge in [0.15, 0.2) is 5.13 Å². The summed E-state index contributed by atoms with van der Waals surface area (Å²) in [5.74, 6) is 0.794. The quantitative estimate of drug-likeness (QED) is 0.938. The van der Waals surface area contributed by atoms with Gasteiger partial charge in [0.2, 0.25) is 0 Å². The number of aromatic nitrogens is 1. The largest absolute Gasteiger partial charge is 0.497 e. The molecule has 2 amide bonds. The molecule has 0 atom stereocenters. The molecule has 0 saturated carbocycles. The van der Waals surface area contributed by atoms with Crippen LogP contribution in [0.4, 0.5) is 9.93 Å². The van der Waals surface area contributed by atoms with E-state index in [0.29, 0.717) is 11.2 Å². The number of thiazole rings is 1. The summed E-state index contributed by atoms with van der Waals surface area (Å²) in [4.78, 5) is 21.0. The summed E-state index contributed by atoms with van der Waals surface area (Å²) in [6.07, 6.45) is 2.02. The van der Waals surface area contributed by atoms with Crippen molar-refractivity contribution in [3.63, 3.8) is 0 Å². The van der Waals surface area contributed by atoms with Crippen LogP contribution >= 0.6 is 11.3 Å². The lowest BCUT2D eigenvalue weighted by Crippen LogP contribution is -2.46. The lowest BCUT2D eigenvalue weighted by molar-refractivity contribution is 0.156. The van der Waals surface area contributed by atoms with Crippen molar-refractivity contribution in [3.8, 4) is 5.75 Å². The fraction of sp³-hybridized carbons (Fsp3) is 0.500. The number of amides is 2. The minimum absolute atomic E-state index is 0.0921. The Morgan fingerprint density at radius 2 is 2.17 bits per heavy atom. The summed E-state index contributed by atoms with van der Waals surface area (Å²) in [6, 6.07) is 5.91. The number of nitrogens with one attached hydrogen (secondary N) is 1. The van der Waals surface area contributed by atoms with Gasteiger partial charge in [0.25, 0.3) is 0 Å². The van der Waals surface area contributed by atoms with Crippen molar-refractivity contribution in [3.05, 3.63) is 18.2 Å². The number of anilines is 1. The normalized spacial score (nSPS) is 16.5. The van der Waals surface area contributed by atoms with Crippen LogP contribution in [-0.4, -0.2) is 61.2 Å². The standard InChI is InChI=1S/C16H22N4O2S/c1-19-8-6-11(7-9-19)20(2)16(21)18-15-17-13-5-4-12(22-3)10-14(13)23-15/h4-5,10-11H,6-9H2,1-3H3,(H,17,18,21). The maximum absolute atomic E-state index is 12.4. The first-order chi connectivity index (χ1) is 11.1. The van der Waals surface area contributed by atoms with E-state index in [2.05, 4.69) is 22.2 Å². The van der Waals surface area contributed by atoms with E-state index < -0.39 is 0 Å². The number of methoxy groups -OCH3 is 1. The zero-order valence-corrected chi connectivity index (χ0v) is 14.5. The molecule has 2 aromatic rings. The van der Waals surface area contributed by atoms with Crippen LogP contribution in [0.15, 0.2) is 18.2 Å². The summed E-state index contributed by atoms with van der Waals surface area (Å²) in [7, 11) is 5.62. The highest BCUT2D eigenvalue weighted by atomic mass is 32.1. The predicted octanol–water partition coefficient (Wildman–Crippen LogP) is 2.86. The lowest BCUT2D eigenvalue weighted by Gasteiger charge is -2.34. The number of piperidine rings is 1. The van der Waals surface area contributed by atoms with Crippen molar-refractivity contribution < 1.29 is 9.53 Å². The van der Waals surface area contributed by atoms with Gasteiger partial charge in [-0.05, 0) is 51.2 Å². The molecule has 1 N–H and O–H groups in total. The monoisotopic (exact) mass is 334 g/mol. The molecule has 1 aliphatic rings. The first kappa shape index (κ1) is 16.0. The molecule has 0 radical (unpaired) electrons. The zero-order valence-electron chi connectivity index (χ0n) is 13.7. The van der Waals surface area contributed by atoms with E-state index in [0.717, 1.165) is 41.9 Å². The summed E-state index contributed by atoms with van der Waals surface area (Å²) in [6.45, 7) is 2.06. The number of carbonyl (C=O) groups is 1. The van der Waals surface area contributed by atoms with Gasteiger partial charge in [-0.2, -0.15) is 0 Å². The molecule has 0 unspecified atom stereocenters. The molecule has 1 fully saturated rings. The van der Waals surface area contributed by atoms with Gasteiger partial charge in [0, 0.05) is 13.1 Å². The molecule has 23 heavy (non-hydrogen) atoms. The molecular formula is C16H22N4O2S. The number of nitrogens with zero attached hydrogens (tertiary/aromatic N) is 3. The zero-order chi connectivity index (χ0) is 16.4. The average molecular weight is 334 g/mol. The molecule has 0 aliphatic carbocycles. The second kappa shape index (κ2) is 6.72. The van der Waals surface area contributed by atoms with Gasteiger partial charge in [0.1, 0.15) is 5.75 Å². The van der Waals surface area contributed by atoms with E-state index in [-0.39, 0.29) is 6.03 Å². The van der Waals surface area contributed by atoms with Crippen LogP contribution < -0.4 is 10.1 Å². The highest BCUT2D eigenvalue weighted by Gasteiger charge is 2.24. The minimum Gasteiger partial charge on any atom is -0.497 e. The summed E-state index contributed by atoms with van der Waals surface area (Å²) in [5.41, 5.74) is 0.869. The molecule has 2 heterocycles. The van der Waals surface area contributed by atoms with Gasteiger partial charge in [0.05, 0.1) is 17.3 Å². The molecule has 0 bridgehead atoms. The third kappa shape index (κ3) is 3.56. The van der Waals surface area contributed by atoms with Gasteiger partial charge in [-0.3, -0.25) is 5.32 Å². The van der Waals surface area contributed by atoms with Crippen molar-refractivity contribution in [2.45, 2.75) is 18.9 Å². The van der Waals surface area contributed by atoms with Gasteiger partial charge in [-0.25, -0.2) is 9.78 Å². The van der Waals surface area contributed by atoms with Gasteiger partial charge in [-0.1, -0.05) is 11.3 Å². The first-order valence-corrected chi connectivity index (χ1v) is 8.55. The highest BCUT2D eigenvalue weighted by molar-refractivity contribution is 7.22. The fourth-order valence-electron chi connectivity index (χ4n) is 2.81. The number of likely N-dealkylation sites (tertiary alicyclic amines) is 1. The second-order valence-corrected chi connectivity index (χ2v) is 6.96. The van der Waals surface area contributed by atoms with Gasteiger partial charge >= 0.3 is 6.03 Å². The van der Waals surface area contributed by atoms with Crippen LogP contribution in [0.2, 0.25) is 0 Å². The molecule has 7 heteroatoms. The van der Waals surface area contributed by atoms with E-state index in [4.69, 9.17) is 4.74 Å². The van der Waals surface area contributed by atoms with Gasteiger partial charge in [-0.15, -0.1) is 0 Å². The third-order valence-electron chi connectivity index (χ3n) is 4.37. The Morgan fingerprint density at radius 1 is 1.43 bits per heavy atom. The Hall–Kier alpha value is -1.86. The number of fused-ring (bicyclic) bond motifs is 1. The Kier molecular flexibility index (Phi) is 4.68. The number of hydrogen-bond donors (Lipinski definition) is 1. The first-order valence-electron chi connectivity index (χ1n) is 7.74. The number of hydrogen-bond acceptors (Lipinski definition) is 5. The molecule has 1 aromatic heterocycles. The van der Waals surface area contributed by atoms with Crippen molar-refractivity contribution >= 4 is 32.7 Å². The number of benzene rings is 1. The Balaban J connectivity index is 1.67. The molecule has 1 aromatic carbocycles. The number of carbonyl (C=O) groups excluding carboxylic acids is 1. The summed E-state index contributed by atoms with van der Waals surface area (Å²) < 4.78 is 6.22. The highest BCUT2D eigenvalue weighted by Crippen LogP contribution is 2.29. The lowest BCUT2D eigenvalue weighted by atomic mass is 10.0. The third-order valence-corrected chi connectivity index (χ3v) is 5.30. The van der Waals surface area contributed by atoms with Crippen LogP contribution in [0.1, 0.15) is 12.8 Å². The maximum atomic E-state index is 12.4. The predicted molar refractivity (Wildman–Crippen MR) is 93.5 cm³/mol. The Labute approximate surface area is 140 Å². The van der Waals surface area contributed by atoms with Gasteiger partial charge < -0.3 is 14.5 Å². The van der Waals surface area contributed by atoms with E-state index in [1.807, 2.05) is 25.2 Å². The van der Waals surface area contributed by atoms with Crippen LogP contribution in [0, 0.1) is 0 Å². The molecule has 0 spiro atoms. The molecule has 124 valence electrons. The number of urea groups is 1. The number of rotatable bonds is 3. The fourth-order valence-corrected chi connectivity index (χ4v) is 3.70.